The largest absolute Gasteiger partial charge is 0.455 e. The molecular weight excluding hydrogens is 727 g/mol. The summed E-state index contributed by atoms with van der Waals surface area (Å²) in [7, 11) is 0. The summed E-state index contributed by atoms with van der Waals surface area (Å²) in [6.45, 7) is 22.6. The van der Waals surface area contributed by atoms with Crippen LogP contribution in [0, 0.1) is 6.92 Å². The second-order valence-electron chi connectivity index (χ2n) is 19.0. The number of thiol groups is 1. The molecule has 0 aliphatic carbocycles. The van der Waals surface area contributed by atoms with Gasteiger partial charge in [-0.05, 0) is 118 Å². The molecule has 9 aromatic rings. The van der Waals surface area contributed by atoms with E-state index in [0.717, 1.165) is 82.7 Å². The number of pyridine rings is 1. The Bertz CT molecular complexity index is 3070. The van der Waals surface area contributed by atoms with E-state index in [9.17, 15) is 0 Å². The Morgan fingerprint density at radius 1 is 0.569 bits per heavy atom. The number of hydrogen-bond donors (Lipinski definition) is 1. The maximum absolute atomic E-state index is 6.70. The quantitative estimate of drug-likeness (QED) is 0.181. The molecule has 0 unspecified atom stereocenters. The standard InChI is InChI=1S/C53H51N3OS/c1-31-24-25-54-47-40(31)27-35(52(5,6)7)28-41(47)32-14-13-15-33(26-32)50-55-48-42(46-45(58)23-22-39-38-16-11-12-17-44(38)57-49(39)46)29-36(53(8,9)10)30-43(48)56(50)37-20-18-34(19-21-37)51(2,3)4/h11-30,58H,1-10H3. The number of imidazole rings is 1. The van der Waals surface area contributed by atoms with Gasteiger partial charge in [-0.15, -0.1) is 12.6 Å². The van der Waals surface area contributed by atoms with Gasteiger partial charge < -0.3 is 4.42 Å². The van der Waals surface area contributed by atoms with Crippen molar-refractivity contribution in [1.29, 1.82) is 0 Å². The maximum atomic E-state index is 6.70. The minimum absolute atomic E-state index is 0.0181. The molecular formula is C53H51N3OS. The molecule has 0 aliphatic heterocycles. The molecule has 58 heavy (non-hydrogen) atoms. The van der Waals surface area contributed by atoms with E-state index in [1.807, 2.05) is 18.3 Å². The van der Waals surface area contributed by atoms with Gasteiger partial charge >= 0.3 is 0 Å². The van der Waals surface area contributed by atoms with Crippen molar-refractivity contribution < 1.29 is 4.42 Å². The van der Waals surface area contributed by atoms with Crippen molar-refractivity contribution in [2.45, 2.75) is 90.4 Å². The minimum Gasteiger partial charge on any atom is -0.455 e. The fraction of sp³-hybridized carbons (Fsp3) is 0.245. The molecule has 0 radical (unpaired) electrons. The molecule has 0 saturated heterocycles. The smallest absolute Gasteiger partial charge is 0.145 e. The predicted octanol–water partition coefficient (Wildman–Crippen LogP) is 15.0. The number of aryl methyl sites for hydroxylation is 1. The molecule has 0 N–H and O–H groups in total. The zero-order chi connectivity index (χ0) is 40.9. The van der Waals surface area contributed by atoms with Crippen LogP contribution in [-0.4, -0.2) is 14.5 Å². The van der Waals surface area contributed by atoms with Crippen molar-refractivity contribution in [2.75, 3.05) is 0 Å². The number of nitrogens with zero attached hydrogens (tertiary/aromatic N) is 3. The molecule has 0 bridgehead atoms. The summed E-state index contributed by atoms with van der Waals surface area (Å²) in [4.78, 5) is 11.5. The van der Waals surface area contributed by atoms with Crippen LogP contribution in [0.1, 0.15) is 84.6 Å². The zero-order valence-corrected chi connectivity index (χ0v) is 36.1. The van der Waals surface area contributed by atoms with Gasteiger partial charge in [0, 0.05) is 55.2 Å². The molecule has 0 fully saturated rings. The average Bonchev–Trinajstić information content (AvgIpc) is 3.75. The van der Waals surface area contributed by atoms with Crippen LogP contribution in [0.15, 0.2) is 131 Å². The Labute approximate surface area is 347 Å². The van der Waals surface area contributed by atoms with Gasteiger partial charge in [0.05, 0.1) is 16.6 Å². The molecule has 6 aromatic carbocycles. The van der Waals surface area contributed by atoms with Gasteiger partial charge in [-0.25, -0.2) is 4.98 Å². The predicted molar refractivity (Wildman–Crippen MR) is 248 cm³/mol. The third kappa shape index (κ3) is 6.41. The van der Waals surface area contributed by atoms with Gasteiger partial charge in [0.15, 0.2) is 0 Å². The lowest BCUT2D eigenvalue weighted by Crippen LogP contribution is -2.12. The van der Waals surface area contributed by atoms with Crippen molar-refractivity contribution in [2.24, 2.45) is 0 Å². The highest BCUT2D eigenvalue weighted by Gasteiger charge is 2.27. The first-order chi connectivity index (χ1) is 27.5. The number of hydrogen-bond acceptors (Lipinski definition) is 4. The van der Waals surface area contributed by atoms with Crippen LogP contribution in [0.2, 0.25) is 0 Å². The summed E-state index contributed by atoms with van der Waals surface area (Å²) in [6, 6.07) is 41.7. The van der Waals surface area contributed by atoms with Crippen LogP contribution in [0.5, 0.6) is 0 Å². The van der Waals surface area contributed by atoms with Crippen molar-refractivity contribution in [3.8, 4) is 39.3 Å². The Kier molecular flexibility index (Phi) is 8.79. The fourth-order valence-corrected chi connectivity index (χ4v) is 8.57. The van der Waals surface area contributed by atoms with E-state index in [0.29, 0.717) is 0 Å². The van der Waals surface area contributed by atoms with E-state index in [1.54, 1.807) is 0 Å². The summed E-state index contributed by atoms with van der Waals surface area (Å²) in [5, 5.41) is 3.34. The second kappa shape index (κ2) is 13.5. The SMILES string of the molecule is Cc1ccnc2c(-c3cccc(-c4nc5c(-c6c(S)ccc7c6oc6ccccc67)cc(C(C)(C)C)cc5n4-c4ccc(C(C)(C)C)cc4)c3)cc(C(C)(C)C)cc12. The lowest BCUT2D eigenvalue weighted by atomic mass is 9.83. The molecule has 4 nitrogen and oxygen atoms in total. The third-order valence-electron chi connectivity index (χ3n) is 11.8. The van der Waals surface area contributed by atoms with Crippen molar-refractivity contribution in [3.63, 3.8) is 0 Å². The van der Waals surface area contributed by atoms with Gasteiger partial charge in [-0.1, -0.05) is 111 Å². The van der Waals surface area contributed by atoms with Crippen LogP contribution >= 0.6 is 12.6 Å². The highest BCUT2D eigenvalue weighted by molar-refractivity contribution is 7.80. The van der Waals surface area contributed by atoms with Crippen molar-refractivity contribution >= 4 is 56.5 Å². The normalized spacial score (nSPS) is 12.7. The average molecular weight is 778 g/mol. The van der Waals surface area contributed by atoms with E-state index in [1.165, 1.54) is 27.6 Å². The van der Waals surface area contributed by atoms with E-state index in [-0.39, 0.29) is 16.2 Å². The first-order valence-corrected chi connectivity index (χ1v) is 20.7. The minimum atomic E-state index is -0.156. The monoisotopic (exact) mass is 777 g/mol. The number of para-hydroxylation sites is 1. The van der Waals surface area contributed by atoms with Crippen LogP contribution < -0.4 is 0 Å². The summed E-state index contributed by atoms with van der Waals surface area (Å²) in [5.74, 6) is 0.866. The highest BCUT2D eigenvalue weighted by Crippen LogP contribution is 2.45. The van der Waals surface area contributed by atoms with E-state index in [2.05, 4.69) is 177 Å². The van der Waals surface area contributed by atoms with Crippen LogP contribution in [0.4, 0.5) is 0 Å². The molecule has 3 aromatic heterocycles. The number of aromatic nitrogens is 3. The zero-order valence-electron chi connectivity index (χ0n) is 35.2. The Morgan fingerprint density at radius 2 is 1.24 bits per heavy atom. The van der Waals surface area contributed by atoms with Crippen LogP contribution in [0.25, 0.3) is 83.2 Å². The Balaban J connectivity index is 1.37. The second-order valence-corrected chi connectivity index (χ2v) is 19.5. The Morgan fingerprint density at radius 3 is 1.97 bits per heavy atom. The van der Waals surface area contributed by atoms with Crippen molar-refractivity contribution in [1.82, 2.24) is 14.5 Å². The molecule has 0 aliphatic rings. The lowest BCUT2D eigenvalue weighted by molar-refractivity contribution is 0.590. The van der Waals surface area contributed by atoms with E-state index in [4.69, 9.17) is 27.0 Å². The Hall–Kier alpha value is -5.65. The molecule has 3 heterocycles. The number of fused-ring (bicyclic) bond motifs is 5. The van der Waals surface area contributed by atoms with Gasteiger partial charge in [-0.3, -0.25) is 9.55 Å². The number of benzene rings is 6. The molecule has 0 atom stereocenters. The molecule has 0 spiro atoms. The number of rotatable bonds is 4. The highest BCUT2D eigenvalue weighted by atomic mass is 32.1. The van der Waals surface area contributed by atoms with Crippen LogP contribution in [-0.2, 0) is 16.2 Å². The van der Waals surface area contributed by atoms with E-state index < -0.39 is 0 Å². The fourth-order valence-electron chi connectivity index (χ4n) is 8.27. The first kappa shape index (κ1) is 37.9. The first-order valence-electron chi connectivity index (χ1n) is 20.3. The summed E-state index contributed by atoms with van der Waals surface area (Å²) >= 11 is 5.13. The summed E-state index contributed by atoms with van der Waals surface area (Å²) in [6.07, 6.45) is 1.93. The van der Waals surface area contributed by atoms with Crippen molar-refractivity contribution in [3.05, 3.63) is 144 Å². The van der Waals surface area contributed by atoms with Gasteiger partial charge in [0.2, 0.25) is 0 Å². The van der Waals surface area contributed by atoms with Gasteiger partial charge in [0.1, 0.15) is 17.0 Å². The number of furan rings is 1. The topological polar surface area (TPSA) is 43.9 Å². The molecule has 9 rings (SSSR count). The van der Waals surface area contributed by atoms with Gasteiger partial charge in [0.25, 0.3) is 0 Å². The molecule has 0 saturated carbocycles. The van der Waals surface area contributed by atoms with E-state index >= 15 is 0 Å². The summed E-state index contributed by atoms with van der Waals surface area (Å²) < 4.78 is 9.05. The van der Waals surface area contributed by atoms with Crippen LogP contribution in [0.3, 0.4) is 0 Å². The maximum Gasteiger partial charge on any atom is 0.145 e. The molecule has 0 amide bonds. The van der Waals surface area contributed by atoms with Gasteiger partial charge in [-0.2, -0.15) is 0 Å². The molecule has 290 valence electrons. The molecule has 5 heteroatoms. The third-order valence-corrected chi connectivity index (χ3v) is 12.1. The summed E-state index contributed by atoms with van der Waals surface area (Å²) in [5.41, 5.74) is 15.7. The lowest BCUT2D eigenvalue weighted by Gasteiger charge is -2.22.